The molecule has 18 heavy (non-hydrogen) atoms. The van der Waals surface area contributed by atoms with E-state index < -0.39 is 0 Å². The Morgan fingerprint density at radius 2 is 2.28 bits per heavy atom. The van der Waals surface area contributed by atoms with Gasteiger partial charge in [0.05, 0.1) is 12.1 Å². The van der Waals surface area contributed by atoms with Gasteiger partial charge in [-0.15, -0.1) is 0 Å². The van der Waals surface area contributed by atoms with Crippen molar-refractivity contribution in [3.8, 4) is 0 Å². The quantitative estimate of drug-likeness (QED) is 0.861. The molecule has 0 aromatic heterocycles. The smallest absolute Gasteiger partial charge is 0.237 e. The Labute approximate surface area is 113 Å². The fourth-order valence-electron chi connectivity index (χ4n) is 2.00. The fraction of sp³-hybridized carbons (Fsp3) is 0.500. The van der Waals surface area contributed by atoms with Crippen LogP contribution in [-0.4, -0.2) is 11.9 Å². The Bertz CT molecular complexity index is 432. The molecule has 0 aliphatic heterocycles. The van der Waals surface area contributed by atoms with Crippen LogP contribution in [0.2, 0.25) is 5.02 Å². The summed E-state index contributed by atoms with van der Waals surface area (Å²) >= 11 is 5.93. The lowest BCUT2D eigenvalue weighted by molar-refractivity contribution is -0.123. The van der Waals surface area contributed by atoms with E-state index in [1.54, 1.807) is 0 Å². The first kappa shape index (κ1) is 13.4. The molecule has 0 heterocycles. The number of nitrogens with two attached hydrogens (primary N) is 1. The minimum atomic E-state index is -0.390. The van der Waals surface area contributed by atoms with E-state index in [1.165, 1.54) is 12.8 Å². The highest BCUT2D eigenvalue weighted by Crippen LogP contribution is 2.33. The topological polar surface area (TPSA) is 55.1 Å². The molecule has 1 aliphatic rings. The van der Waals surface area contributed by atoms with Crippen molar-refractivity contribution < 1.29 is 4.79 Å². The second-order valence-electron chi connectivity index (χ2n) is 5.07. The van der Waals surface area contributed by atoms with Crippen molar-refractivity contribution in [2.45, 2.75) is 38.3 Å². The van der Waals surface area contributed by atoms with E-state index in [1.807, 2.05) is 31.2 Å². The van der Waals surface area contributed by atoms with Crippen molar-refractivity contribution in [1.82, 2.24) is 5.32 Å². The molecule has 0 saturated heterocycles. The van der Waals surface area contributed by atoms with Gasteiger partial charge in [-0.3, -0.25) is 4.79 Å². The van der Waals surface area contributed by atoms with E-state index in [-0.39, 0.29) is 18.0 Å². The number of halogens is 1. The highest BCUT2D eigenvalue weighted by Gasteiger charge is 2.27. The average Bonchev–Trinajstić information content (AvgIpc) is 3.12. The summed E-state index contributed by atoms with van der Waals surface area (Å²) in [6, 6.07) is 7.05. The Hall–Kier alpha value is -1.06. The summed E-state index contributed by atoms with van der Waals surface area (Å²) in [7, 11) is 0. The molecule has 1 aromatic rings. The SMILES string of the molecule is CC(NC(=O)C(N)CC1CC1)c1cccc(Cl)c1. The second-order valence-corrected chi connectivity index (χ2v) is 5.51. The van der Waals surface area contributed by atoms with Crippen molar-refractivity contribution in [3.63, 3.8) is 0 Å². The molecule has 1 saturated carbocycles. The number of hydrogen-bond donors (Lipinski definition) is 2. The lowest BCUT2D eigenvalue weighted by Gasteiger charge is -2.18. The van der Waals surface area contributed by atoms with Crippen LogP contribution in [0.25, 0.3) is 0 Å². The third-order valence-electron chi connectivity index (χ3n) is 3.33. The van der Waals surface area contributed by atoms with Crippen molar-refractivity contribution in [2.75, 3.05) is 0 Å². The van der Waals surface area contributed by atoms with Gasteiger partial charge in [0.25, 0.3) is 0 Å². The molecule has 1 amide bonds. The van der Waals surface area contributed by atoms with E-state index in [0.29, 0.717) is 10.9 Å². The fourth-order valence-corrected chi connectivity index (χ4v) is 2.20. The van der Waals surface area contributed by atoms with Gasteiger partial charge in [-0.1, -0.05) is 36.6 Å². The first-order valence-electron chi connectivity index (χ1n) is 6.37. The van der Waals surface area contributed by atoms with Gasteiger partial charge in [0.2, 0.25) is 5.91 Å². The zero-order valence-electron chi connectivity index (χ0n) is 10.5. The minimum absolute atomic E-state index is 0.0681. The number of carbonyl (C=O) groups excluding carboxylic acids is 1. The van der Waals surface area contributed by atoms with Crippen molar-refractivity contribution >= 4 is 17.5 Å². The van der Waals surface area contributed by atoms with E-state index in [9.17, 15) is 4.79 Å². The van der Waals surface area contributed by atoms with E-state index in [4.69, 9.17) is 17.3 Å². The molecule has 1 aromatic carbocycles. The predicted octanol–water partition coefficient (Wildman–Crippen LogP) is 2.64. The largest absolute Gasteiger partial charge is 0.348 e. The van der Waals surface area contributed by atoms with Gasteiger partial charge in [0, 0.05) is 5.02 Å². The van der Waals surface area contributed by atoms with Crippen LogP contribution < -0.4 is 11.1 Å². The zero-order chi connectivity index (χ0) is 13.1. The maximum Gasteiger partial charge on any atom is 0.237 e. The van der Waals surface area contributed by atoms with Gasteiger partial charge in [0.15, 0.2) is 0 Å². The van der Waals surface area contributed by atoms with Crippen molar-refractivity contribution in [2.24, 2.45) is 11.7 Å². The summed E-state index contributed by atoms with van der Waals surface area (Å²) < 4.78 is 0. The number of benzene rings is 1. The van der Waals surface area contributed by atoms with Gasteiger partial charge in [-0.05, 0) is 37.0 Å². The molecular weight excluding hydrogens is 248 g/mol. The number of amides is 1. The first-order chi connectivity index (χ1) is 8.56. The average molecular weight is 267 g/mol. The molecule has 1 aliphatic carbocycles. The van der Waals surface area contributed by atoms with Crippen LogP contribution in [0.5, 0.6) is 0 Å². The van der Waals surface area contributed by atoms with Crippen LogP contribution in [0.3, 0.4) is 0 Å². The lowest BCUT2D eigenvalue weighted by Crippen LogP contribution is -2.41. The van der Waals surface area contributed by atoms with Crippen LogP contribution in [0.15, 0.2) is 24.3 Å². The summed E-state index contributed by atoms with van der Waals surface area (Å²) in [5.74, 6) is 0.585. The standard InChI is InChI=1S/C14H19ClN2O/c1-9(11-3-2-4-12(15)8-11)17-14(18)13(16)7-10-5-6-10/h2-4,8-10,13H,5-7,16H2,1H3,(H,17,18). The van der Waals surface area contributed by atoms with Crippen LogP contribution in [-0.2, 0) is 4.79 Å². The monoisotopic (exact) mass is 266 g/mol. The van der Waals surface area contributed by atoms with E-state index in [2.05, 4.69) is 5.32 Å². The molecule has 1 fully saturated rings. The highest BCUT2D eigenvalue weighted by molar-refractivity contribution is 6.30. The molecule has 3 nitrogen and oxygen atoms in total. The molecule has 2 unspecified atom stereocenters. The van der Waals surface area contributed by atoms with Gasteiger partial charge in [-0.2, -0.15) is 0 Å². The van der Waals surface area contributed by atoms with E-state index in [0.717, 1.165) is 12.0 Å². The molecule has 0 spiro atoms. The van der Waals surface area contributed by atoms with Crippen LogP contribution in [0, 0.1) is 5.92 Å². The lowest BCUT2D eigenvalue weighted by atomic mass is 10.1. The molecule has 0 radical (unpaired) electrons. The Kier molecular flexibility index (Phi) is 4.25. The second kappa shape index (κ2) is 5.72. The minimum Gasteiger partial charge on any atom is -0.348 e. The van der Waals surface area contributed by atoms with Gasteiger partial charge in [0.1, 0.15) is 0 Å². The summed E-state index contributed by atoms with van der Waals surface area (Å²) in [6.45, 7) is 1.94. The molecule has 3 N–H and O–H groups in total. The number of nitrogens with one attached hydrogen (secondary N) is 1. The highest BCUT2D eigenvalue weighted by atomic mass is 35.5. The third-order valence-corrected chi connectivity index (χ3v) is 3.56. The number of carbonyl (C=O) groups is 1. The van der Waals surface area contributed by atoms with Crippen LogP contribution >= 0.6 is 11.6 Å². The first-order valence-corrected chi connectivity index (χ1v) is 6.75. The van der Waals surface area contributed by atoms with Gasteiger partial charge >= 0.3 is 0 Å². The maximum absolute atomic E-state index is 11.9. The van der Waals surface area contributed by atoms with Crippen molar-refractivity contribution in [1.29, 1.82) is 0 Å². The molecule has 98 valence electrons. The van der Waals surface area contributed by atoms with E-state index >= 15 is 0 Å². The summed E-state index contributed by atoms with van der Waals surface area (Å²) in [4.78, 5) is 11.9. The Morgan fingerprint density at radius 1 is 1.56 bits per heavy atom. The Balaban J connectivity index is 1.89. The predicted molar refractivity (Wildman–Crippen MR) is 73.3 cm³/mol. The Morgan fingerprint density at radius 3 is 2.89 bits per heavy atom. The van der Waals surface area contributed by atoms with Crippen LogP contribution in [0.4, 0.5) is 0 Å². The summed E-state index contributed by atoms with van der Waals surface area (Å²) in [6.07, 6.45) is 3.23. The third kappa shape index (κ3) is 3.72. The number of hydrogen-bond acceptors (Lipinski definition) is 2. The normalized spacial score (nSPS) is 18.2. The zero-order valence-corrected chi connectivity index (χ0v) is 11.3. The summed E-state index contributed by atoms with van der Waals surface area (Å²) in [5.41, 5.74) is 6.87. The molecular formula is C14H19ClN2O. The van der Waals surface area contributed by atoms with Gasteiger partial charge < -0.3 is 11.1 Å². The molecule has 2 atom stereocenters. The summed E-state index contributed by atoms with van der Waals surface area (Å²) in [5, 5.41) is 3.61. The maximum atomic E-state index is 11.9. The number of rotatable bonds is 5. The van der Waals surface area contributed by atoms with Crippen LogP contribution in [0.1, 0.15) is 37.8 Å². The molecule has 4 heteroatoms. The molecule has 2 rings (SSSR count). The molecule has 0 bridgehead atoms. The van der Waals surface area contributed by atoms with Gasteiger partial charge in [-0.25, -0.2) is 0 Å². The van der Waals surface area contributed by atoms with Crippen molar-refractivity contribution in [3.05, 3.63) is 34.9 Å².